The Labute approximate surface area is 148 Å². The van der Waals surface area contributed by atoms with Crippen molar-refractivity contribution in [1.29, 1.82) is 0 Å². The first-order chi connectivity index (χ1) is 11.7. The molecule has 2 aromatic carbocycles. The lowest BCUT2D eigenvalue weighted by Crippen LogP contribution is -2.17. The van der Waals surface area contributed by atoms with Gasteiger partial charge in [-0.05, 0) is 61.1 Å². The maximum Gasteiger partial charge on any atom is 0.140 e. The van der Waals surface area contributed by atoms with E-state index in [0.717, 1.165) is 47.6 Å². The highest BCUT2D eigenvalue weighted by atomic mass is 35.5. The van der Waals surface area contributed by atoms with E-state index in [9.17, 15) is 4.79 Å². The second-order valence-corrected chi connectivity index (χ2v) is 6.78. The molecule has 2 aromatic rings. The fraction of sp³-hybridized carbons (Fsp3) is 0.381. The van der Waals surface area contributed by atoms with Crippen molar-refractivity contribution in [3.63, 3.8) is 0 Å². The molecule has 0 aliphatic heterocycles. The molecule has 1 unspecified atom stereocenters. The summed E-state index contributed by atoms with van der Waals surface area (Å²) in [5.41, 5.74) is 3.38. The van der Waals surface area contributed by atoms with E-state index in [4.69, 9.17) is 16.3 Å². The van der Waals surface area contributed by atoms with Crippen LogP contribution in [0.4, 0.5) is 0 Å². The Kier molecular flexibility index (Phi) is 5.57. The first kappa shape index (κ1) is 17.0. The minimum Gasteiger partial charge on any atom is -0.494 e. The van der Waals surface area contributed by atoms with E-state index < -0.39 is 0 Å². The average molecular weight is 343 g/mol. The Balaban J connectivity index is 1.79. The highest BCUT2D eigenvalue weighted by molar-refractivity contribution is 6.31. The fourth-order valence-corrected chi connectivity index (χ4v) is 3.56. The lowest BCUT2D eigenvalue weighted by molar-refractivity contribution is -0.121. The Morgan fingerprint density at radius 1 is 1.12 bits per heavy atom. The molecule has 1 aliphatic carbocycles. The predicted molar refractivity (Wildman–Crippen MR) is 98.1 cm³/mol. The maximum atomic E-state index is 12.2. The molecule has 0 saturated heterocycles. The van der Waals surface area contributed by atoms with Gasteiger partial charge in [0.25, 0.3) is 0 Å². The van der Waals surface area contributed by atoms with Gasteiger partial charge in [-0.15, -0.1) is 0 Å². The molecular weight excluding hydrogens is 320 g/mol. The zero-order valence-corrected chi connectivity index (χ0v) is 14.8. The number of benzene rings is 2. The summed E-state index contributed by atoms with van der Waals surface area (Å²) >= 11 is 6.39. The molecule has 1 fully saturated rings. The number of carbonyl (C=O) groups is 1. The normalized spacial score (nSPS) is 17.8. The van der Waals surface area contributed by atoms with Crippen LogP contribution < -0.4 is 4.74 Å². The Hall–Kier alpha value is -1.80. The standard InChI is InChI=1S/C21H23ClO2/c1-2-24-18-10-7-15(8-11-18)13-17-14-16(9-12-20(17)22)19-5-3-4-6-21(19)23/h7-12,14,19H,2-6,13H2,1H3. The predicted octanol–water partition coefficient (Wildman–Crippen LogP) is 5.56. The van der Waals surface area contributed by atoms with Crippen molar-refractivity contribution >= 4 is 17.4 Å². The monoisotopic (exact) mass is 342 g/mol. The van der Waals surface area contributed by atoms with E-state index in [0.29, 0.717) is 18.8 Å². The van der Waals surface area contributed by atoms with Crippen LogP contribution in [0.25, 0.3) is 0 Å². The fourth-order valence-electron chi connectivity index (χ4n) is 3.37. The van der Waals surface area contributed by atoms with Gasteiger partial charge in [0.05, 0.1) is 6.61 Å². The second-order valence-electron chi connectivity index (χ2n) is 6.37. The lowest BCUT2D eigenvalue weighted by Gasteiger charge is -2.21. The number of rotatable bonds is 5. The Morgan fingerprint density at radius 2 is 1.92 bits per heavy atom. The smallest absolute Gasteiger partial charge is 0.140 e. The third kappa shape index (κ3) is 3.99. The molecular formula is C21H23ClO2. The van der Waals surface area contributed by atoms with E-state index in [1.165, 1.54) is 5.56 Å². The molecule has 0 N–H and O–H groups in total. The zero-order chi connectivity index (χ0) is 16.9. The van der Waals surface area contributed by atoms with Gasteiger partial charge in [-0.25, -0.2) is 0 Å². The van der Waals surface area contributed by atoms with Crippen molar-refractivity contribution in [2.45, 2.75) is 44.9 Å². The van der Waals surface area contributed by atoms with Crippen LogP contribution in [-0.4, -0.2) is 12.4 Å². The number of Topliss-reactive ketones (excluding diaryl/α,β-unsaturated/α-hetero) is 1. The average Bonchev–Trinajstić information content (AvgIpc) is 2.59. The first-order valence-corrected chi connectivity index (χ1v) is 9.08. The summed E-state index contributed by atoms with van der Waals surface area (Å²) in [6.45, 7) is 2.65. The highest BCUT2D eigenvalue weighted by Crippen LogP contribution is 2.32. The van der Waals surface area contributed by atoms with Crippen molar-refractivity contribution in [3.8, 4) is 5.75 Å². The van der Waals surface area contributed by atoms with Gasteiger partial charge in [0.1, 0.15) is 11.5 Å². The van der Waals surface area contributed by atoms with E-state index in [1.54, 1.807) is 0 Å². The van der Waals surface area contributed by atoms with Gasteiger partial charge in [0, 0.05) is 17.4 Å². The van der Waals surface area contributed by atoms with Gasteiger partial charge in [-0.3, -0.25) is 4.79 Å². The van der Waals surface area contributed by atoms with Gasteiger partial charge in [0.15, 0.2) is 0 Å². The maximum absolute atomic E-state index is 12.2. The number of halogens is 1. The molecule has 1 atom stereocenters. The molecule has 2 nitrogen and oxygen atoms in total. The molecule has 0 radical (unpaired) electrons. The van der Waals surface area contributed by atoms with E-state index in [2.05, 4.69) is 18.2 Å². The van der Waals surface area contributed by atoms with Crippen LogP contribution in [0.1, 0.15) is 55.2 Å². The van der Waals surface area contributed by atoms with Gasteiger partial charge in [-0.2, -0.15) is 0 Å². The highest BCUT2D eigenvalue weighted by Gasteiger charge is 2.24. The van der Waals surface area contributed by atoms with Crippen LogP contribution in [-0.2, 0) is 11.2 Å². The molecule has 0 amide bonds. The summed E-state index contributed by atoms with van der Waals surface area (Å²) < 4.78 is 5.48. The summed E-state index contributed by atoms with van der Waals surface area (Å²) in [7, 11) is 0. The van der Waals surface area contributed by atoms with Crippen molar-refractivity contribution in [2.75, 3.05) is 6.61 Å². The topological polar surface area (TPSA) is 26.3 Å². The van der Waals surface area contributed by atoms with Gasteiger partial charge < -0.3 is 4.74 Å². The minimum absolute atomic E-state index is 0.0510. The molecule has 0 aromatic heterocycles. The zero-order valence-electron chi connectivity index (χ0n) is 14.1. The third-order valence-electron chi connectivity index (χ3n) is 4.66. The SMILES string of the molecule is CCOc1ccc(Cc2cc(C3CCCCC3=O)ccc2Cl)cc1. The molecule has 24 heavy (non-hydrogen) atoms. The van der Waals surface area contributed by atoms with E-state index in [-0.39, 0.29) is 5.92 Å². The number of carbonyl (C=O) groups excluding carboxylic acids is 1. The van der Waals surface area contributed by atoms with Crippen LogP contribution in [0, 0.1) is 0 Å². The quantitative estimate of drug-likeness (QED) is 0.711. The van der Waals surface area contributed by atoms with Crippen LogP contribution in [0.2, 0.25) is 5.02 Å². The molecule has 1 saturated carbocycles. The number of hydrogen-bond acceptors (Lipinski definition) is 2. The molecule has 0 bridgehead atoms. The summed E-state index contributed by atoms with van der Waals surface area (Å²) in [5.74, 6) is 1.31. The second kappa shape index (κ2) is 7.85. The van der Waals surface area contributed by atoms with Crippen molar-refractivity contribution in [1.82, 2.24) is 0 Å². The van der Waals surface area contributed by atoms with Crippen molar-refractivity contribution < 1.29 is 9.53 Å². The van der Waals surface area contributed by atoms with Gasteiger partial charge in [-0.1, -0.05) is 42.3 Å². The molecule has 3 heteroatoms. The summed E-state index contributed by atoms with van der Waals surface area (Å²) in [6.07, 6.45) is 4.60. The third-order valence-corrected chi connectivity index (χ3v) is 5.02. The van der Waals surface area contributed by atoms with Crippen molar-refractivity contribution in [3.05, 3.63) is 64.2 Å². The molecule has 3 rings (SSSR count). The van der Waals surface area contributed by atoms with Crippen LogP contribution >= 0.6 is 11.6 Å². The van der Waals surface area contributed by atoms with Crippen molar-refractivity contribution in [2.24, 2.45) is 0 Å². The Morgan fingerprint density at radius 3 is 2.62 bits per heavy atom. The largest absolute Gasteiger partial charge is 0.494 e. The summed E-state index contributed by atoms with van der Waals surface area (Å²) in [5, 5.41) is 0.760. The number of hydrogen-bond donors (Lipinski definition) is 0. The van der Waals surface area contributed by atoms with Gasteiger partial charge in [0.2, 0.25) is 0 Å². The molecule has 0 heterocycles. The summed E-state index contributed by atoms with van der Waals surface area (Å²) in [6, 6.07) is 14.2. The lowest BCUT2D eigenvalue weighted by atomic mass is 9.82. The minimum atomic E-state index is 0.0510. The number of ether oxygens (including phenoxy) is 1. The van der Waals surface area contributed by atoms with E-state index >= 15 is 0 Å². The van der Waals surface area contributed by atoms with Crippen LogP contribution in [0.3, 0.4) is 0 Å². The summed E-state index contributed by atoms with van der Waals surface area (Å²) in [4.78, 5) is 12.2. The molecule has 126 valence electrons. The number of ketones is 1. The van der Waals surface area contributed by atoms with Crippen LogP contribution in [0.5, 0.6) is 5.75 Å². The van der Waals surface area contributed by atoms with E-state index in [1.807, 2.05) is 31.2 Å². The Bertz CT molecular complexity index is 706. The van der Waals surface area contributed by atoms with Crippen LogP contribution in [0.15, 0.2) is 42.5 Å². The first-order valence-electron chi connectivity index (χ1n) is 8.70. The molecule has 1 aliphatic rings. The van der Waals surface area contributed by atoms with Gasteiger partial charge >= 0.3 is 0 Å². The molecule has 0 spiro atoms.